The van der Waals surface area contributed by atoms with E-state index < -0.39 is 17.8 Å². The summed E-state index contributed by atoms with van der Waals surface area (Å²) in [6.07, 6.45) is 11.5. The number of rotatable bonds is 6. The second-order valence-corrected chi connectivity index (χ2v) is 11.1. The molecular formula is C28H42O3. The van der Waals surface area contributed by atoms with Gasteiger partial charge in [0.15, 0.2) is 0 Å². The average Bonchev–Trinajstić information content (AvgIpc) is 3.02. The average molecular weight is 427 g/mol. The first-order chi connectivity index (χ1) is 14.5. The molecule has 0 aromatic rings. The van der Waals surface area contributed by atoms with Crippen molar-refractivity contribution >= 4 is 0 Å². The van der Waals surface area contributed by atoms with Gasteiger partial charge in [-0.3, -0.25) is 0 Å². The predicted molar refractivity (Wildman–Crippen MR) is 127 cm³/mol. The second kappa shape index (κ2) is 9.65. The number of aliphatic hydroxyl groups excluding tert-OH is 2. The van der Waals surface area contributed by atoms with Crippen LogP contribution in [0.25, 0.3) is 0 Å². The number of aliphatic hydroxyl groups is 3. The Morgan fingerprint density at radius 2 is 2.03 bits per heavy atom. The summed E-state index contributed by atoms with van der Waals surface area (Å²) in [5, 5.41) is 30.4. The lowest BCUT2D eigenvalue weighted by atomic mass is 9.62. The highest BCUT2D eigenvalue weighted by Gasteiger charge is 2.50. The maximum Gasteiger partial charge on any atom is 0.0823 e. The van der Waals surface area contributed by atoms with Crippen LogP contribution in [0.1, 0.15) is 85.5 Å². The molecule has 3 heteroatoms. The summed E-state index contributed by atoms with van der Waals surface area (Å²) in [6, 6.07) is 0. The molecule has 0 aliphatic heterocycles. The fourth-order valence-electron chi connectivity index (χ4n) is 6.50. The van der Waals surface area contributed by atoms with Crippen LogP contribution < -0.4 is 0 Å². The molecule has 6 atom stereocenters. The zero-order chi connectivity index (χ0) is 22.8. The van der Waals surface area contributed by atoms with Crippen LogP contribution in [0.4, 0.5) is 0 Å². The van der Waals surface area contributed by atoms with Crippen molar-refractivity contribution in [1.29, 1.82) is 0 Å². The minimum Gasteiger partial charge on any atom is -0.393 e. The van der Waals surface area contributed by atoms with Crippen LogP contribution in [-0.4, -0.2) is 33.1 Å². The van der Waals surface area contributed by atoms with Crippen molar-refractivity contribution in [2.45, 2.75) is 103 Å². The summed E-state index contributed by atoms with van der Waals surface area (Å²) in [4.78, 5) is 0. The minimum absolute atomic E-state index is 0.286. The van der Waals surface area contributed by atoms with Crippen molar-refractivity contribution in [3.05, 3.63) is 35.5 Å². The lowest BCUT2D eigenvalue weighted by Crippen LogP contribution is -2.35. The Balaban J connectivity index is 1.74. The number of hydrogen-bond donors (Lipinski definition) is 3. The van der Waals surface area contributed by atoms with Crippen LogP contribution in [-0.2, 0) is 0 Å². The predicted octanol–water partition coefficient (Wildman–Crippen LogP) is 5.32. The van der Waals surface area contributed by atoms with Crippen molar-refractivity contribution in [3.63, 3.8) is 0 Å². The molecule has 0 radical (unpaired) electrons. The third-order valence-electron chi connectivity index (χ3n) is 8.19. The molecule has 3 aliphatic rings. The van der Waals surface area contributed by atoms with Gasteiger partial charge in [-0.15, -0.1) is 0 Å². The first-order valence-electron chi connectivity index (χ1n) is 12.2. The van der Waals surface area contributed by atoms with Crippen LogP contribution in [0, 0.1) is 35.0 Å². The van der Waals surface area contributed by atoms with Gasteiger partial charge in [0.05, 0.1) is 17.8 Å². The van der Waals surface area contributed by atoms with Gasteiger partial charge >= 0.3 is 0 Å². The van der Waals surface area contributed by atoms with Crippen molar-refractivity contribution in [3.8, 4) is 11.8 Å². The fraction of sp³-hybridized carbons (Fsp3) is 0.714. The zero-order valence-corrected chi connectivity index (χ0v) is 20.0. The van der Waals surface area contributed by atoms with Gasteiger partial charge in [0.2, 0.25) is 0 Å². The van der Waals surface area contributed by atoms with E-state index in [1.807, 2.05) is 13.8 Å². The highest BCUT2D eigenvalue weighted by atomic mass is 16.3. The van der Waals surface area contributed by atoms with Crippen molar-refractivity contribution in [2.75, 3.05) is 0 Å². The molecule has 31 heavy (non-hydrogen) atoms. The number of hydrogen-bond acceptors (Lipinski definition) is 3. The van der Waals surface area contributed by atoms with Crippen LogP contribution in [0.15, 0.2) is 35.5 Å². The van der Waals surface area contributed by atoms with Gasteiger partial charge < -0.3 is 15.3 Å². The monoisotopic (exact) mass is 426 g/mol. The molecule has 0 heterocycles. The Kier molecular flexibility index (Phi) is 7.57. The summed E-state index contributed by atoms with van der Waals surface area (Å²) in [5.74, 6) is 8.64. The SMILES string of the molecule is C=CC1=C(C#CC2=CCC[C@]3(C)[C@@H]([C@H](C)CCCC(C)(C)O)CC[C@@H]23)C[C@@H](O)C[C@@H]1O. The Bertz CT molecular complexity index is 787. The van der Waals surface area contributed by atoms with Gasteiger partial charge in [-0.05, 0) is 74.7 Å². The van der Waals surface area contributed by atoms with E-state index in [-0.39, 0.29) is 5.41 Å². The topological polar surface area (TPSA) is 60.7 Å². The molecule has 0 spiro atoms. The summed E-state index contributed by atoms with van der Waals surface area (Å²) < 4.78 is 0. The molecule has 3 aliphatic carbocycles. The third-order valence-corrected chi connectivity index (χ3v) is 8.19. The van der Waals surface area contributed by atoms with Gasteiger partial charge in [0.1, 0.15) is 0 Å². The van der Waals surface area contributed by atoms with E-state index in [9.17, 15) is 15.3 Å². The molecule has 172 valence electrons. The molecule has 0 unspecified atom stereocenters. The maximum atomic E-state index is 10.3. The van der Waals surface area contributed by atoms with Crippen LogP contribution in [0.2, 0.25) is 0 Å². The zero-order valence-electron chi connectivity index (χ0n) is 20.0. The Labute approximate surface area is 189 Å². The Hall–Kier alpha value is -1.34. The number of allylic oxidation sites excluding steroid dienone is 2. The van der Waals surface area contributed by atoms with E-state index in [2.05, 4.69) is 38.3 Å². The second-order valence-electron chi connectivity index (χ2n) is 11.1. The lowest BCUT2D eigenvalue weighted by molar-refractivity contribution is 0.0614. The molecule has 3 nitrogen and oxygen atoms in total. The molecule has 1 saturated carbocycles. The van der Waals surface area contributed by atoms with E-state index in [0.29, 0.717) is 30.6 Å². The summed E-state index contributed by atoms with van der Waals surface area (Å²) >= 11 is 0. The summed E-state index contributed by atoms with van der Waals surface area (Å²) in [5.41, 5.74) is 2.59. The van der Waals surface area contributed by atoms with Gasteiger partial charge in [0.25, 0.3) is 0 Å². The number of fused-ring (bicyclic) bond motifs is 1. The van der Waals surface area contributed by atoms with E-state index in [0.717, 1.165) is 30.4 Å². The first kappa shape index (κ1) is 24.3. The van der Waals surface area contributed by atoms with E-state index in [1.165, 1.54) is 31.3 Å². The lowest BCUT2D eigenvalue weighted by Gasteiger charge is -2.42. The van der Waals surface area contributed by atoms with Gasteiger partial charge in [-0.2, -0.15) is 0 Å². The molecule has 1 fully saturated rings. The Morgan fingerprint density at radius 3 is 2.71 bits per heavy atom. The van der Waals surface area contributed by atoms with Crippen molar-refractivity contribution in [2.24, 2.45) is 23.2 Å². The Morgan fingerprint density at radius 1 is 1.29 bits per heavy atom. The van der Waals surface area contributed by atoms with Crippen LogP contribution in [0.5, 0.6) is 0 Å². The standard InChI is InChI=1S/C28H42O3/c1-6-23-21(17-22(29)18-26(23)30)12-11-20-10-8-16-28(5)24(13-14-25(20)28)19(2)9-7-15-27(3,4)31/h6,10,19,22,24-26,29-31H,1,7-9,13-18H2,2-5H3/t19-,22-,24-,25+,26+,28-/m1/s1. The summed E-state index contributed by atoms with van der Waals surface area (Å²) in [6.45, 7) is 12.5. The maximum absolute atomic E-state index is 10.3. The molecule has 0 aromatic heterocycles. The normalized spacial score (nSPS) is 34.5. The van der Waals surface area contributed by atoms with Crippen molar-refractivity contribution < 1.29 is 15.3 Å². The molecule has 0 saturated heterocycles. The van der Waals surface area contributed by atoms with E-state index >= 15 is 0 Å². The van der Waals surface area contributed by atoms with E-state index in [4.69, 9.17) is 0 Å². The van der Waals surface area contributed by atoms with E-state index in [1.54, 1.807) is 6.08 Å². The molecule has 0 aromatic carbocycles. The smallest absolute Gasteiger partial charge is 0.0823 e. The molecule has 3 N–H and O–H groups in total. The molecule has 3 rings (SSSR count). The highest BCUT2D eigenvalue weighted by molar-refractivity contribution is 5.47. The van der Waals surface area contributed by atoms with Crippen molar-refractivity contribution in [1.82, 2.24) is 0 Å². The minimum atomic E-state index is -0.670. The third kappa shape index (κ3) is 5.54. The van der Waals surface area contributed by atoms with Gasteiger partial charge in [-0.1, -0.05) is 57.3 Å². The fourth-order valence-corrected chi connectivity index (χ4v) is 6.50. The van der Waals surface area contributed by atoms with Gasteiger partial charge in [0, 0.05) is 24.0 Å². The van der Waals surface area contributed by atoms with Crippen LogP contribution in [0.3, 0.4) is 0 Å². The van der Waals surface area contributed by atoms with Crippen LogP contribution >= 0.6 is 0 Å². The highest BCUT2D eigenvalue weighted by Crippen LogP contribution is 2.58. The molecule has 0 bridgehead atoms. The largest absolute Gasteiger partial charge is 0.393 e. The molecular weight excluding hydrogens is 384 g/mol. The molecule has 0 amide bonds. The quantitative estimate of drug-likeness (QED) is 0.504. The first-order valence-corrected chi connectivity index (χ1v) is 12.2. The summed E-state index contributed by atoms with van der Waals surface area (Å²) in [7, 11) is 0. The van der Waals surface area contributed by atoms with Gasteiger partial charge in [-0.25, -0.2) is 0 Å².